The standard InChI is InChI=1S/C20H21FN2O4S/c1-13-7-9-15(10-8-13)22-20(26)14(2)27-19(25)12-28-11-18(24)23-17-6-4-3-5-16(17)21/h3-10,14H,11-12H2,1-2H3,(H,22,26)(H,23,24)/t14-/m1/s1. The molecule has 0 unspecified atom stereocenters. The Bertz CT molecular complexity index is 842. The molecular formula is C20H21FN2O4S. The second-order valence-electron chi connectivity index (χ2n) is 6.01. The fraction of sp³-hybridized carbons (Fsp3) is 0.250. The summed E-state index contributed by atoms with van der Waals surface area (Å²) in [6.45, 7) is 3.40. The Hall–Kier alpha value is -2.87. The average molecular weight is 404 g/mol. The zero-order chi connectivity index (χ0) is 20.5. The summed E-state index contributed by atoms with van der Waals surface area (Å²) in [6.07, 6.45) is -0.971. The van der Waals surface area contributed by atoms with Gasteiger partial charge in [0.1, 0.15) is 5.82 Å². The third-order valence-electron chi connectivity index (χ3n) is 3.60. The van der Waals surface area contributed by atoms with Crippen LogP contribution in [0.15, 0.2) is 48.5 Å². The first-order valence-corrected chi connectivity index (χ1v) is 9.70. The molecule has 0 aliphatic heterocycles. The van der Waals surface area contributed by atoms with Crippen molar-refractivity contribution in [3.8, 4) is 0 Å². The van der Waals surface area contributed by atoms with E-state index in [1.54, 1.807) is 18.2 Å². The van der Waals surface area contributed by atoms with Crippen LogP contribution in [-0.4, -0.2) is 35.4 Å². The number of aryl methyl sites for hydroxylation is 1. The van der Waals surface area contributed by atoms with E-state index in [0.717, 1.165) is 17.3 Å². The summed E-state index contributed by atoms with van der Waals surface area (Å²) in [5, 5.41) is 5.08. The summed E-state index contributed by atoms with van der Waals surface area (Å²) in [4.78, 5) is 35.7. The number of para-hydroxylation sites is 1. The lowest BCUT2D eigenvalue weighted by Gasteiger charge is -2.13. The Labute approximate surface area is 166 Å². The highest BCUT2D eigenvalue weighted by Gasteiger charge is 2.18. The van der Waals surface area contributed by atoms with Gasteiger partial charge in [-0.2, -0.15) is 0 Å². The minimum absolute atomic E-state index is 0.0482. The van der Waals surface area contributed by atoms with E-state index < -0.39 is 29.7 Å². The van der Waals surface area contributed by atoms with E-state index in [4.69, 9.17) is 4.74 Å². The molecule has 0 aliphatic rings. The van der Waals surface area contributed by atoms with Crippen molar-refractivity contribution < 1.29 is 23.5 Å². The number of halogens is 1. The predicted molar refractivity (Wildman–Crippen MR) is 108 cm³/mol. The van der Waals surface area contributed by atoms with Crippen LogP contribution in [0.25, 0.3) is 0 Å². The topological polar surface area (TPSA) is 84.5 Å². The van der Waals surface area contributed by atoms with Gasteiger partial charge in [0.2, 0.25) is 5.91 Å². The number of hydrogen-bond donors (Lipinski definition) is 2. The minimum atomic E-state index is -0.971. The van der Waals surface area contributed by atoms with Crippen LogP contribution in [0.5, 0.6) is 0 Å². The number of rotatable bonds is 8. The first-order valence-electron chi connectivity index (χ1n) is 8.54. The van der Waals surface area contributed by atoms with Gasteiger partial charge in [-0.3, -0.25) is 14.4 Å². The molecule has 0 aromatic heterocycles. The van der Waals surface area contributed by atoms with E-state index in [9.17, 15) is 18.8 Å². The number of hydrogen-bond acceptors (Lipinski definition) is 5. The molecule has 2 N–H and O–H groups in total. The van der Waals surface area contributed by atoms with Gasteiger partial charge in [-0.15, -0.1) is 11.8 Å². The fourth-order valence-electron chi connectivity index (χ4n) is 2.14. The predicted octanol–water partition coefficient (Wildman–Crippen LogP) is 3.38. The number of amides is 2. The van der Waals surface area contributed by atoms with Crippen LogP contribution in [0.4, 0.5) is 15.8 Å². The Kier molecular flexibility index (Phi) is 8.01. The van der Waals surface area contributed by atoms with E-state index in [2.05, 4.69) is 10.6 Å². The molecule has 148 valence electrons. The van der Waals surface area contributed by atoms with E-state index in [0.29, 0.717) is 5.69 Å². The van der Waals surface area contributed by atoms with Gasteiger partial charge in [0, 0.05) is 5.69 Å². The summed E-state index contributed by atoms with van der Waals surface area (Å²) in [6, 6.07) is 13.0. The summed E-state index contributed by atoms with van der Waals surface area (Å²) < 4.78 is 18.5. The molecule has 0 saturated heterocycles. The number of nitrogens with one attached hydrogen (secondary N) is 2. The second-order valence-corrected chi connectivity index (χ2v) is 6.99. The zero-order valence-electron chi connectivity index (χ0n) is 15.5. The van der Waals surface area contributed by atoms with Crippen molar-refractivity contribution >= 4 is 40.9 Å². The third kappa shape index (κ3) is 7.03. The molecule has 0 bridgehead atoms. The van der Waals surface area contributed by atoms with Gasteiger partial charge in [0.15, 0.2) is 6.10 Å². The molecule has 2 aromatic rings. The van der Waals surface area contributed by atoms with Crippen LogP contribution < -0.4 is 10.6 Å². The number of ether oxygens (including phenoxy) is 1. The summed E-state index contributed by atoms with van der Waals surface area (Å²) in [7, 11) is 0. The molecular weight excluding hydrogens is 383 g/mol. The Morgan fingerprint density at radius 3 is 2.39 bits per heavy atom. The lowest BCUT2D eigenvalue weighted by molar-refractivity contribution is -0.150. The van der Waals surface area contributed by atoms with Crippen LogP contribution in [0.1, 0.15) is 12.5 Å². The molecule has 8 heteroatoms. The highest BCUT2D eigenvalue weighted by atomic mass is 32.2. The van der Waals surface area contributed by atoms with E-state index >= 15 is 0 Å². The molecule has 0 spiro atoms. The fourth-order valence-corrected chi connectivity index (χ4v) is 2.74. The number of carbonyl (C=O) groups excluding carboxylic acids is 3. The van der Waals surface area contributed by atoms with Gasteiger partial charge in [0.05, 0.1) is 17.2 Å². The normalized spacial score (nSPS) is 11.4. The summed E-state index contributed by atoms with van der Waals surface area (Å²) in [5.74, 6) is -2.18. The van der Waals surface area contributed by atoms with E-state index in [1.807, 2.05) is 19.1 Å². The Morgan fingerprint density at radius 2 is 1.71 bits per heavy atom. The van der Waals surface area contributed by atoms with Crippen LogP contribution in [0, 0.1) is 12.7 Å². The van der Waals surface area contributed by atoms with Gasteiger partial charge in [0.25, 0.3) is 5.91 Å². The zero-order valence-corrected chi connectivity index (χ0v) is 16.3. The number of benzene rings is 2. The maximum atomic E-state index is 13.5. The molecule has 0 radical (unpaired) electrons. The van der Waals surface area contributed by atoms with E-state index in [-0.39, 0.29) is 17.2 Å². The van der Waals surface area contributed by atoms with Gasteiger partial charge in [-0.25, -0.2) is 4.39 Å². The Morgan fingerprint density at radius 1 is 1.04 bits per heavy atom. The highest BCUT2D eigenvalue weighted by molar-refractivity contribution is 8.00. The molecule has 1 atom stereocenters. The maximum absolute atomic E-state index is 13.5. The lowest BCUT2D eigenvalue weighted by Crippen LogP contribution is -2.30. The largest absolute Gasteiger partial charge is 0.452 e. The number of esters is 1. The van der Waals surface area contributed by atoms with E-state index in [1.165, 1.54) is 25.1 Å². The second kappa shape index (κ2) is 10.5. The van der Waals surface area contributed by atoms with Gasteiger partial charge < -0.3 is 15.4 Å². The maximum Gasteiger partial charge on any atom is 0.316 e. The van der Waals surface area contributed by atoms with Gasteiger partial charge in [-0.05, 0) is 38.1 Å². The Balaban J connectivity index is 1.69. The first kappa shape index (κ1) is 21.4. The van der Waals surface area contributed by atoms with Crippen molar-refractivity contribution in [2.45, 2.75) is 20.0 Å². The molecule has 2 amide bonds. The summed E-state index contributed by atoms with van der Waals surface area (Å²) in [5.41, 5.74) is 1.75. The molecule has 6 nitrogen and oxygen atoms in total. The number of thioether (sulfide) groups is 1. The van der Waals surface area contributed by atoms with Crippen LogP contribution in [-0.2, 0) is 19.1 Å². The molecule has 0 aliphatic carbocycles. The van der Waals surface area contributed by atoms with Crippen LogP contribution in [0.3, 0.4) is 0 Å². The van der Waals surface area contributed by atoms with Gasteiger partial charge in [-0.1, -0.05) is 29.8 Å². The SMILES string of the molecule is Cc1ccc(NC(=O)[C@@H](C)OC(=O)CSCC(=O)Nc2ccccc2F)cc1. The average Bonchev–Trinajstić information content (AvgIpc) is 2.65. The first-order chi connectivity index (χ1) is 13.3. The van der Waals surface area contributed by atoms with Crippen LogP contribution >= 0.6 is 11.8 Å². The molecule has 0 fully saturated rings. The smallest absolute Gasteiger partial charge is 0.316 e. The molecule has 2 aromatic carbocycles. The van der Waals surface area contributed by atoms with Crippen molar-refractivity contribution in [3.63, 3.8) is 0 Å². The number of anilines is 2. The highest BCUT2D eigenvalue weighted by Crippen LogP contribution is 2.13. The number of carbonyl (C=O) groups is 3. The van der Waals surface area contributed by atoms with Crippen molar-refractivity contribution in [2.75, 3.05) is 22.1 Å². The molecule has 2 rings (SSSR count). The minimum Gasteiger partial charge on any atom is -0.452 e. The van der Waals surface area contributed by atoms with Crippen LogP contribution in [0.2, 0.25) is 0 Å². The van der Waals surface area contributed by atoms with Gasteiger partial charge >= 0.3 is 5.97 Å². The van der Waals surface area contributed by atoms with Crippen molar-refractivity contribution in [3.05, 3.63) is 59.9 Å². The lowest BCUT2D eigenvalue weighted by atomic mass is 10.2. The van der Waals surface area contributed by atoms with Crippen molar-refractivity contribution in [2.24, 2.45) is 0 Å². The monoisotopic (exact) mass is 404 g/mol. The van der Waals surface area contributed by atoms with Crippen molar-refractivity contribution in [1.29, 1.82) is 0 Å². The van der Waals surface area contributed by atoms with Crippen molar-refractivity contribution in [1.82, 2.24) is 0 Å². The molecule has 0 saturated carbocycles. The summed E-state index contributed by atoms with van der Waals surface area (Å²) >= 11 is 1.01. The molecule has 28 heavy (non-hydrogen) atoms. The quantitative estimate of drug-likeness (QED) is 0.659. The third-order valence-corrected chi connectivity index (χ3v) is 4.50. The molecule has 0 heterocycles.